The molecule has 172 valence electrons. The van der Waals surface area contributed by atoms with Crippen molar-refractivity contribution in [2.24, 2.45) is 0 Å². The molecule has 2 fully saturated rings. The van der Waals surface area contributed by atoms with Crippen molar-refractivity contribution >= 4 is 23.1 Å². The average Bonchev–Trinajstić information content (AvgIpc) is 3.45. The van der Waals surface area contributed by atoms with Crippen molar-refractivity contribution in [2.75, 3.05) is 14.2 Å². The average molecular weight is 452 g/mol. The number of non-ortho nitro benzene ring substituents is 1. The molecule has 2 aliphatic rings. The van der Waals surface area contributed by atoms with Gasteiger partial charge in [0.15, 0.2) is 11.5 Å². The summed E-state index contributed by atoms with van der Waals surface area (Å²) in [5, 5.41) is 22.3. The summed E-state index contributed by atoms with van der Waals surface area (Å²) in [6.07, 6.45) is 3.40. The molecule has 1 heterocycles. The van der Waals surface area contributed by atoms with Gasteiger partial charge in [0, 0.05) is 23.7 Å². The highest BCUT2D eigenvalue weighted by atomic mass is 16.6. The predicted molar refractivity (Wildman–Crippen MR) is 119 cm³/mol. The number of benzene rings is 2. The molecule has 1 atom stereocenters. The molecule has 4 rings (SSSR count). The van der Waals surface area contributed by atoms with Crippen LogP contribution in [0.1, 0.15) is 42.9 Å². The van der Waals surface area contributed by atoms with Gasteiger partial charge in [0.1, 0.15) is 5.76 Å². The molecule has 0 aromatic heterocycles. The maximum Gasteiger partial charge on any atom is 0.295 e. The highest BCUT2D eigenvalue weighted by molar-refractivity contribution is 6.46. The summed E-state index contributed by atoms with van der Waals surface area (Å²) in [5.74, 6) is -1.04. The summed E-state index contributed by atoms with van der Waals surface area (Å²) >= 11 is 0. The molecule has 9 heteroatoms. The Morgan fingerprint density at radius 1 is 1.06 bits per heavy atom. The minimum absolute atomic E-state index is 0.0964. The van der Waals surface area contributed by atoms with Crippen LogP contribution in [0, 0.1) is 10.1 Å². The number of hydrogen-bond acceptors (Lipinski definition) is 7. The number of nitro benzene ring substituents is 1. The Balaban J connectivity index is 1.91. The molecule has 0 bridgehead atoms. The third-order valence-corrected chi connectivity index (χ3v) is 6.25. The third kappa shape index (κ3) is 3.90. The maximum atomic E-state index is 13.2. The molecule has 1 N–H and O–H groups in total. The number of aliphatic hydroxyl groups is 1. The highest BCUT2D eigenvalue weighted by Gasteiger charge is 2.49. The van der Waals surface area contributed by atoms with E-state index in [1.54, 1.807) is 23.1 Å². The second kappa shape index (κ2) is 8.93. The van der Waals surface area contributed by atoms with Crippen molar-refractivity contribution in [1.29, 1.82) is 0 Å². The maximum absolute atomic E-state index is 13.2. The zero-order valence-electron chi connectivity index (χ0n) is 18.3. The molecule has 1 unspecified atom stereocenters. The van der Waals surface area contributed by atoms with E-state index in [1.807, 2.05) is 0 Å². The van der Waals surface area contributed by atoms with Crippen molar-refractivity contribution in [3.8, 4) is 11.5 Å². The summed E-state index contributed by atoms with van der Waals surface area (Å²) in [7, 11) is 2.99. The lowest BCUT2D eigenvalue weighted by Gasteiger charge is -2.31. The number of hydrogen-bond donors (Lipinski definition) is 1. The van der Waals surface area contributed by atoms with Crippen LogP contribution in [0.15, 0.2) is 48.0 Å². The van der Waals surface area contributed by atoms with Gasteiger partial charge in [-0.3, -0.25) is 19.7 Å². The van der Waals surface area contributed by atoms with Gasteiger partial charge in [-0.05, 0) is 30.5 Å². The number of nitrogens with zero attached hydrogens (tertiary/aromatic N) is 2. The normalized spacial score (nSPS) is 20.3. The monoisotopic (exact) mass is 452 g/mol. The molecule has 2 aromatic rings. The fraction of sp³-hybridized carbons (Fsp3) is 0.333. The van der Waals surface area contributed by atoms with E-state index in [1.165, 1.54) is 38.5 Å². The summed E-state index contributed by atoms with van der Waals surface area (Å²) in [6, 6.07) is 9.45. The number of aliphatic hydroxyl groups excluding tert-OH is 1. The van der Waals surface area contributed by atoms with E-state index in [2.05, 4.69) is 0 Å². The van der Waals surface area contributed by atoms with Gasteiger partial charge < -0.3 is 19.5 Å². The summed E-state index contributed by atoms with van der Waals surface area (Å²) in [5.41, 5.74) is 0.344. The summed E-state index contributed by atoms with van der Waals surface area (Å²) < 4.78 is 10.7. The SMILES string of the molecule is COc1ccc(C2/C(=C(\O)c3cccc([N+](=O)[O-])c3)C(=O)C(=O)N2C2CCCC2)cc1OC. The van der Waals surface area contributed by atoms with Crippen molar-refractivity contribution in [1.82, 2.24) is 4.90 Å². The van der Waals surface area contributed by atoms with E-state index in [4.69, 9.17) is 9.47 Å². The number of ether oxygens (including phenoxy) is 2. The topological polar surface area (TPSA) is 119 Å². The Morgan fingerprint density at radius 2 is 1.76 bits per heavy atom. The quantitative estimate of drug-likeness (QED) is 0.231. The van der Waals surface area contributed by atoms with Crippen LogP contribution in [-0.4, -0.2) is 46.9 Å². The van der Waals surface area contributed by atoms with Crippen LogP contribution < -0.4 is 9.47 Å². The molecule has 1 aliphatic carbocycles. The Hall–Kier alpha value is -3.88. The fourth-order valence-corrected chi connectivity index (χ4v) is 4.68. The van der Waals surface area contributed by atoms with Gasteiger partial charge in [-0.15, -0.1) is 0 Å². The van der Waals surface area contributed by atoms with Crippen molar-refractivity contribution < 1.29 is 29.1 Å². The molecular formula is C24H24N2O7. The lowest BCUT2D eigenvalue weighted by atomic mass is 9.94. The van der Waals surface area contributed by atoms with Gasteiger partial charge in [0.2, 0.25) is 0 Å². The molecule has 1 saturated heterocycles. The fourth-order valence-electron chi connectivity index (χ4n) is 4.68. The van der Waals surface area contributed by atoms with Gasteiger partial charge in [-0.1, -0.05) is 31.0 Å². The zero-order valence-corrected chi connectivity index (χ0v) is 18.3. The van der Waals surface area contributed by atoms with Crippen molar-refractivity contribution in [3.05, 3.63) is 69.3 Å². The van der Waals surface area contributed by atoms with E-state index >= 15 is 0 Å². The first-order chi connectivity index (χ1) is 15.9. The third-order valence-electron chi connectivity index (χ3n) is 6.25. The van der Waals surface area contributed by atoms with Crippen LogP contribution in [0.4, 0.5) is 5.69 Å². The molecule has 0 radical (unpaired) electrons. The van der Waals surface area contributed by atoms with Crippen LogP contribution in [0.25, 0.3) is 5.76 Å². The lowest BCUT2D eigenvalue weighted by molar-refractivity contribution is -0.384. The highest BCUT2D eigenvalue weighted by Crippen LogP contribution is 2.45. The summed E-state index contributed by atoms with van der Waals surface area (Å²) in [6.45, 7) is 0. The molecule has 0 spiro atoms. The first-order valence-electron chi connectivity index (χ1n) is 10.6. The van der Waals surface area contributed by atoms with Crippen LogP contribution in [0.3, 0.4) is 0 Å². The first-order valence-corrected chi connectivity index (χ1v) is 10.6. The number of ketones is 1. The number of amides is 1. The Labute approximate surface area is 190 Å². The molecule has 9 nitrogen and oxygen atoms in total. The first kappa shape index (κ1) is 22.3. The number of likely N-dealkylation sites (tertiary alicyclic amines) is 1. The molecule has 1 amide bonds. The lowest BCUT2D eigenvalue weighted by Crippen LogP contribution is -2.37. The molecule has 2 aromatic carbocycles. The largest absolute Gasteiger partial charge is 0.507 e. The molecule has 1 aliphatic heterocycles. The van der Waals surface area contributed by atoms with Gasteiger partial charge in [0.25, 0.3) is 17.4 Å². The number of rotatable bonds is 6. The van der Waals surface area contributed by atoms with Gasteiger partial charge in [-0.25, -0.2) is 0 Å². The number of Topliss-reactive ketones (excluding diaryl/α,β-unsaturated/α-hetero) is 1. The van der Waals surface area contributed by atoms with Crippen LogP contribution in [0.2, 0.25) is 0 Å². The van der Waals surface area contributed by atoms with Gasteiger partial charge in [-0.2, -0.15) is 0 Å². The predicted octanol–water partition coefficient (Wildman–Crippen LogP) is 3.98. The van der Waals surface area contributed by atoms with E-state index in [-0.39, 0.29) is 22.9 Å². The van der Waals surface area contributed by atoms with Gasteiger partial charge >= 0.3 is 0 Å². The second-order valence-electron chi connectivity index (χ2n) is 8.07. The van der Waals surface area contributed by atoms with Crippen LogP contribution >= 0.6 is 0 Å². The van der Waals surface area contributed by atoms with Crippen molar-refractivity contribution in [2.45, 2.75) is 37.8 Å². The van der Waals surface area contributed by atoms with E-state index in [9.17, 15) is 24.8 Å². The number of carbonyl (C=O) groups is 2. The van der Waals surface area contributed by atoms with Gasteiger partial charge in [0.05, 0.1) is 30.8 Å². The minimum Gasteiger partial charge on any atom is -0.507 e. The van der Waals surface area contributed by atoms with E-state index < -0.39 is 28.4 Å². The van der Waals surface area contributed by atoms with Crippen molar-refractivity contribution in [3.63, 3.8) is 0 Å². The Bertz CT molecular complexity index is 1150. The number of carbonyl (C=O) groups excluding carboxylic acids is 2. The standard InChI is InChI=1S/C24H24N2O7/c1-32-18-11-10-14(13-19(18)33-2)21-20(22(27)15-6-5-9-17(12-15)26(30)31)23(28)24(29)25(21)16-7-3-4-8-16/h5-6,9-13,16,21,27H,3-4,7-8H2,1-2H3/b22-20+. The Morgan fingerprint density at radius 3 is 2.39 bits per heavy atom. The Kier molecular flexibility index (Phi) is 6.04. The van der Waals surface area contributed by atoms with Crippen LogP contribution in [0.5, 0.6) is 11.5 Å². The molecule has 33 heavy (non-hydrogen) atoms. The number of nitro groups is 1. The summed E-state index contributed by atoms with van der Waals surface area (Å²) in [4.78, 5) is 38.5. The van der Waals surface area contributed by atoms with E-state index in [0.29, 0.717) is 17.1 Å². The molecule has 1 saturated carbocycles. The van der Waals surface area contributed by atoms with E-state index in [0.717, 1.165) is 25.7 Å². The zero-order chi connectivity index (χ0) is 23.7. The number of methoxy groups -OCH3 is 2. The van der Waals surface area contributed by atoms with Crippen LogP contribution in [-0.2, 0) is 9.59 Å². The smallest absolute Gasteiger partial charge is 0.295 e. The minimum atomic E-state index is -0.854. The molecular weight excluding hydrogens is 428 g/mol. The second-order valence-corrected chi connectivity index (χ2v) is 8.07.